The molecule has 0 aliphatic rings. The van der Waals surface area contributed by atoms with Gasteiger partial charge in [-0.3, -0.25) is 4.79 Å². The molecule has 1 amide bonds. The van der Waals surface area contributed by atoms with Crippen LogP contribution in [0.25, 0.3) is 0 Å². The first-order chi connectivity index (χ1) is 9.06. The number of carbonyl (C=O) groups is 1. The van der Waals surface area contributed by atoms with Crippen LogP contribution in [0.3, 0.4) is 0 Å². The second kappa shape index (κ2) is 6.52. The van der Waals surface area contributed by atoms with Gasteiger partial charge in [-0.2, -0.15) is 0 Å². The lowest BCUT2D eigenvalue weighted by atomic mass is 10.1. The Hall–Kier alpha value is -0.880. The molecular formula is C15H13BrINO. The second-order valence-electron chi connectivity index (χ2n) is 4.26. The van der Waals surface area contributed by atoms with Crippen molar-refractivity contribution in [3.8, 4) is 0 Å². The molecule has 2 aromatic rings. The van der Waals surface area contributed by atoms with E-state index >= 15 is 0 Å². The van der Waals surface area contributed by atoms with Crippen LogP contribution in [0.2, 0.25) is 0 Å². The molecule has 0 radical (unpaired) electrons. The molecule has 1 atom stereocenters. The van der Waals surface area contributed by atoms with Crippen molar-refractivity contribution in [2.75, 3.05) is 0 Å². The predicted octanol–water partition coefficient (Wildman–Crippen LogP) is 4.54. The van der Waals surface area contributed by atoms with Crippen molar-refractivity contribution in [1.82, 2.24) is 5.32 Å². The quantitative estimate of drug-likeness (QED) is 0.712. The maximum Gasteiger partial charge on any atom is 0.251 e. The predicted molar refractivity (Wildman–Crippen MR) is 89.2 cm³/mol. The van der Waals surface area contributed by atoms with E-state index in [0.717, 1.165) is 13.6 Å². The highest BCUT2D eigenvalue weighted by Gasteiger charge is 2.11. The highest BCUT2D eigenvalue weighted by Crippen LogP contribution is 2.17. The third-order valence-electron chi connectivity index (χ3n) is 2.80. The minimum Gasteiger partial charge on any atom is -0.346 e. The average Bonchev–Trinajstić information content (AvgIpc) is 2.39. The van der Waals surface area contributed by atoms with Crippen LogP contribution < -0.4 is 5.32 Å². The molecule has 0 aliphatic heterocycles. The molecule has 0 bridgehead atoms. The van der Waals surface area contributed by atoms with Crippen molar-refractivity contribution in [3.63, 3.8) is 0 Å². The Bertz CT molecular complexity index is 583. The zero-order chi connectivity index (χ0) is 13.8. The summed E-state index contributed by atoms with van der Waals surface area (Å²) in [5.41, 5.74) is 1.78. The first-order valence-corrected chi connectivity index (χ1v) is 7.75. The summed E-state index contributed by atoms with van der Waals surface area (Å²) in [6, 6.07) is 15.5. The Kier molecular flexibility index (Phi) is 4.99. The van der Waals surface area contributed by atoms with Crippen LogP contribution in [0.5, 0.6) is 0 Å². The normalized spacial score (nSPS) is 11.9. The van der Waals surface area contributed by atoms with Gasteiger partial charge in [-0.25, -0.2) is 0 Å². The zero-order valence-electron chi connectivity index (χ0n) is 10.4. The van der Waals surface area contributed by atoms with E-state index in [1.54, 1.807) is 0 Å². The van der Waals surface area contributed by atoms with Crippen LogP contribution in [-0.2, 0) is 0 Å². The highest BCUT2D eigenvalue weighted by atomic mass is 127. The largest absolute Gasteiger partial charge is 0.346 e. The van der Waals surface area contributed by atoms with E-state index in [1.165, 1.54) is 0 Å². The number of benzene rings is 2. The molecule has 0 aliphatic carbocycles. The molecule has 0 saturated heterocycles. The molecule has 0 saturated carbocycles. The zero-order valence-corrected chi connectivity index (χ0v) is 14.1. The Morgan fingerprint density at radius 3 is 2.53 bits per heavy atom. The maximum absolute atomic E-state index is 12.1. The lowest BCUT2D eigenvalue weighted by Crippen LogP contribution is -2.26. The molecule has 2 rings (SSSR count). The van der Waals surface area contributed by atoms with Gasteiger partial charge in [0.2, 0.25) is 0 Å². The molecule has 0 aromatic heterocycles. The highest BCUT2D eigenvalue weighted by molar-refractivity contribution is 14.1. The summed E-state index contributed by atoms with van der Waals surface area (Å²) in [4.78, 5) is 12.1. The van der Waals surface area contributed by atoms with Crippen LogP contribution in [0, 0.1) is 3.57 Å². The van der Waals surface area contributed by atoms with Crippen molar-refractivity contribution in [1.29, 1.82) is 0 Å². The van der Waals surface area contributed by atoms with Crippen molar-refractivity contribution in [2.45, 2.75) is 13.0 Å². The lowest BCUT2D eigenvalue weighted by Gasteiger charge is -2.14. The van der Waals surface area contributed by atoms with Gasteiger partial charge in [0.15, 0.2) is 0 Å². The molecular weight excluding hydrogens is 417 g/mol. The number of halogens is 2. The summed E-state index contributed by atoms with van der Waals surface area (Å²) in [5.74, 6) is -0.0473. The molecule has 98 valence electrons. The van der Waals surface area contributed by atoms with E-state index in [0.29, 0.717) is 5.56 Å². The van der Waals surface area contributed by atoms with Gasteiger partial charge in [-0.05, 0) is 65.4 Å². The van der Waals surface area contributed by atoms with E-state index in [1.807, 2.05) is 55.5 Å². The molecule has 4 heteroatoms. The van der Waals surface area contributed by atoms with E-state index in [4.69, 9.17) is 0 Å². The van der Waals surface area contributed by atoms with Crippen molar-refractivity contribution >= 4 is 44.4 Å². The Morgan fingerprint density at radius 1 is 1.21 bits per heavy atom. The lowest BCUT2D eigenvalue weighted by molar-refractivity contribution is 0.0940. The van der Waals surface area contributed by atoms with Crippen LogP contribution in [0.4, 0.5) is 0 Å². The standard InChI is InChI=1S/C15H13BrINO/c1-10(11-5-7-13(16)8-6-11)18-15(19)12-3-2-4-14(17)9-12/h2-10H,1H3,(H,18,19)/t10-/m0/s1. The first-order valence-electron chi connectivity index (χ1n) is 5.88. The van der Waals surface area contributed by atoms with Crippen molar-refractivity contribution in [3.05, 3.63) is 67.7 Å². The van der Waals surface area contributed by atoms with E-state index in [2.05, 4.69) is 43.8 Å². The molecule has 1 N–H and O–H groups in total. The van der Waals surface area contributed by atoms with E-state index in [-0.39, 0.29) is 11.9 Å². The summed E-state index contributed by atoms with van der Waals surface area (Å²) >= 11 is 5.60. The SMILES string of the molecule is C[C@H](NC(=O)c1cccc(I)c1)c1ccc(Br)cc1. The van der Waals surface area contributed by atoms with Gasteiger partial charge in [0, 0.05) is 13.6 Å². The summed E-state index contributed by atoms with van der Waals surface area (Å²) in [6.45, 7) is 1.98. The first kappa shape index (κ1) is 14.5. The third kappa shape index (κ3) is 4.04. The summed E-state index contributed by atoms with van der Waals surface area (Å²) in [6.07, 6.45) is 0. The molecule has 2 aromatic carbocycles. The Balaban J connectivity index is 2.08. The molecule has 0 spiro atoms. The number of carbonyl (C=O) groups excluding carboxylic acids is 1. The number of hydrogen-bond donors (Lipinski definition) is 1. The second-order valence-corrected chi connectivity index (χ2v) is 6.42. The van der Waals surface area contributed by atoms with Gasteiger partial charge in [-0.15, -0.1) is 0 Å². The van der Waals surface area contributed by atoms with Crippen LogP contribution >= 0.6 is 38.5 Å². The van der Waals surface area contributed by atoms with Crippen LogP contribution in [-0.4, -0.2) is 5.91 Å². The topological polar surface area (TPSA) is 29.1 Å². The van der Waals surface area contributed by atoms with Gasteiger partial charge >= 0.3 is 0 Å². The fourth-order valence-corrected chi connectivity index (χ4v) is 2.55. The van der Waals surface area contributed by atoms with Gasteiger partial charge in [0.1, 0.15) is 0 Å². The van der Waals surface area contributed by atoms with E-state index in [9.17, 15) is 4.79 Å². The summed E-state index contributed by atoms with van der Waals surface area (Å²) < 4.78 is 2.09. The molecule has 0 heterocycles. The molecule has 0 fully saturated rings. The summed E-state index contributed by atoms with van der Waals surface area (Å²) in [5, 5.41) is 3.00. The monoisotopic (exact) mass is 429 g/mol. The number of amides is 1. The average molecular weight is 430 g/mol. The molecule has 19 heavy (non-hydrogen) atoms. The summed E-state index contributed by atoms with van der Waals surface area (Å²) in [7, 11) is 0. The number of rotatable bonds is 3. The van der Waals surface area contributed by atoms with Gasteiger partial charge in [0.05, 0.1) is 6.04 Å². The van der Waals surface area contributed by atoms with Gasteiger partial charge in [0.25, 0.3) is 5.91 Å². The number of nitrogens with one attached hydrogen (secondary N) is 1. The molecule has 0 unspecified atom stereocenters. The number of hydrogen-bond acceptors (Lipinski definition) is 1. The fraction of sp³-hybridized carbons (Fsp3) is 0.133. The third-order valence-corrected chi connectivity index (χ3v) is 4.00. The van der Waals surface area contributed by atoms with Crippen molar-refractivity contribution < 1.29 is 4.79 Å². The Labute approximate surface area is 134 Å². The van der Waals surface area contributed by atoms with Crippen LogP contribution in [0.1, 0.15) is 28.9 Å². The van der Waals surface area contributed by atoms with Crippen LogP contribution in [0.15, 0.2) is 53.0 Å². The van der Waals surface area contributed by atoms with Gasteiger partial charge < -0.3 is 5.32 Å². The molecule has 2 nitrogen and oxygen atoms in total. The Morgan fingerprint density at radius 2 is 1.89 bits per heavy atom. The minimum absolute atomic E-state index is 0.0153. The van der Waals surface area contributed by atoms with Gasteiger partial charge in [-0.1, -0.05) is 34.1 Å². The van der Waals surface area contributed by atoms with E-state index < -0.39 is 0 Å². The minimum atomic E-state index is -0.0473. The fourth-order valence-electron chi connectivity index (χ4n) is 1.74. The smallest absolute Gasteiger partial charge is 0.251 e. The van der Waals surface area contributed by atoms with Crippen molar-refractivity contribution in [2.24, 2.45) is 0 Å². The maximum atomic E-state index is 12.1.